The lowest BCUT2D eigenvalue weighted by molar-refractivity contribution is -0.203. The molecule has 0 aliphatic carbocycles. The molecule has 0 aromatic heterocycles. The van der Waals surface area contributed by atoms with Gasteiger partial charge in [-0.05, 0) is 67.5 Å². The highest BCUT2D eigenvalue weighted by Gasteiger charge is 2.21. The van der Waals surface area contributed by atoms with Gasteiger partial charge in [0, 0.05) is 23.3 Å². The highest BCUT2D eigenvalue weighted by atomic mass is 19.2. The third-order valence-electron chi connectivity index (χ3n) is 6.03. The van der Waals surface area contributed by atoms with Crippen molar-refractivity contribution in [2.24, 2.45) is 5.92 Å². The summed E-state index contributed by atoms with van der Waals surface area (Å²) in [6, 6.07) is 10.0. The molecule has 35 heavy (non-hydrogen) atoms. The van der Waals surface area contributed by atoms with E-state index in [0.717, 1.165) is 24.5 Å². The fourth-order valence-corrected chi connectivity index (χ4v) is 4.04. The monoisotopic (exact) mass is 482 g/mol. The summed E-state index contributed by atoms with van der Waals surface area (Å²) in [5.41, 5.74) is 1.45. The topological polar surface area (TPSA) is 18.5 Å². The van der Waals surface area contributed by atoms with Crippen molar-refractivity contribution in [2.45, 2.75) is 38.9 Å². The fraction of sp³-hybridized carbons (Fsp3) is 0.310. The zero-order chi connectivity index (χ0) is 24.8. The summed E-state index contributed by atoms with van der Waals surface area (Å²) in [5, 5.41) is 0.139. The van der Waals surface area contributed by atoms with Crippen LogP contribution in [0.5, 0.6) is 0 Å². The second-order valence-corrected chi connectivity index (χ2v) is 8.63. The minimum atomic E-state index is -1.51. The van der Waals surface area contributed by atoms with Crippen molar-refractivity contribution in [3.8, 4) is 11.8 Å². The molecular formula is C29H26F4O2. The number of benzene rings is 3. The number of ether oxygens (including phenoxy) is 2. The molecule has 182 valence electrons. The number of fused-ring (bicyclic) bond motifs is 1. The Bertz CT molecular complexity index is 1280. The molecule has 1 heterocycles. The Hall–Kier alpha value is -3.14. The summed E-state index contributed by atoms with van der Waals surface area (Å²) >= 11 is 0. The SMILES string of the molecule is C/C=C/CCC1COC(CCc2ccc(C#Cc3ccc4c(F)c(F)c(F)cc4c3)c(F)c2)OC1. The first-order valence-electron chi connectivity index (χ1n) is 11.7. The second-order valence-electron chi connectivity index (χ2n) is 8.63. The van der Waals surface area contributed by atoms with Crippen LogP contribution in [0.1, 0.15) is 42.9 Å². The summed E-state index contributed by atoms with van der Waals surface area (Å²) in [5.74, 6) is 1.48. The van der Waals surface area contributed by atoms with Crippen molar-refractivity contribution >= 4 is 10.8 Å². The van der Waals surface area contributed by atoms with Gasteiger partial charge in [0.1, 0.15) is 5.82 Å². The first-order valence-corrected chi connectivity index (χ1v) is 11.7. The normalized spacial score (nSPS) is 18.1. The third kappa shape index (κ3) is 6.30. The number of halogens is 4. The van der Waals surface area contributed by atoms with E-state index in [9.17, 15) is 17.6 Å². The van der Waals surface area contributed by atoms with E-state index in [-0.39, 0.29) is 22.6 Å². The van der Waals surface area contributed by atoms with E-state index in [1.807, 2.05) is 19.1 Å². The first-order chi connectivity index (χ1) is 16.9. The molecule has 0 atom stereocenters. The van der Waals surface area contributed by atoms with Gasteiger partial charge in [-0.1, -0.05) is 36.1 Å². The van der Waals surface area contributed by atoms with Gasteiger partial charge in [0.15, 0.2) is 23.7 Å². The van der Waals surface area contributed by atoms with Gasteiger partial charge in [-0.3, -0.25) is 0 Å². The molecule has 0 spiro atoms. The van der Waals surface area contributed by atoms with Gasteiger partial charge in [-0.25, -0.2) is 17.6 Å². The Balaban J connectivity index is 1.35. The summed E-state index contributed by atoms with van der Waals surface area (Å²) in [7, 11) is 0. The van der Waals surface area contributed by atoms with E-state index in [2.05, 4.69) is 17.9 Å². The van der Waals surface area contributed by atoms with Gasteiger partial charge in [0.25, 0.3) is 0 Å². The minimum Gasteiger partial charge on any atom is -0.352 e. The van der Waals surface area contributed by atoms with Crippen molar-refractivity contribution in [3.05, 3.63) is 94.6 Å². The molecule has 0 saturated carbocycles. The second kappa shape index (κ2) is 11.5. The van der Waals surface area contributed by atoms with E-state index >= 15 is 0 Å². The van der Waals surface area contributed by atoms with Gasteiger partial charge in [0.05, 0.1) is 18.8 Å². The van der Waals surface area contributed by atoms with E-state index in [1.54, 1.807) is 6.07 Å². The summed E-state index contributed by atoms with van der Waals surface area (Å²) < 4.78 is 67.0. The van der Waals surface area contributed by atoms with Crippen LogP contribution in [0, 0.1) is 41.0 Å². The maximum Gasteiger partial charge on any atom is 0.195 e. The van der Waals surface area contributed by atoms with E-state index < -0.39 is 23.3 Å². The Labute approximate surface area is 202 Å². The molecule has 3 aromatic rings. The predicted molar refractivity (Wildman–Crippen MR) is 128 cm³/mol. The molecule has 1 fully saturated rings. The van der Waals surface area contributed by atoms with Gasteiger partial charge >= 0.3 is 0 Å². The fourth-order valence-electron chi connectivity index (χ4n) is 4.04. The molecule has 1 aliphatic heterocycles. The molecule has 0 N–H and O–H groups in total. The molecule has 0 radical (unpaired) electrons. The highest BCUT2D eigenvalue weighted by molar-refractivity contribution is 5.84. The summed E-state index contributed by atoms with van der Waals surface area (Å²) in [6.45, 7) is 3.36. The van der Waals surface area contributed by atoms with Crippen LogP contribution in [0.15, 0.2) is 54.6 Å². The smallest absolute Gasteiger partial charge is 0.195 e. The van der Waals surface area contributed by atoms with Gasteiger partial charge in [0.2, 0.25) is 0 Å². The van der Waals surface area contributed by atoms with Crippen molar-refractivity contribution in [1.29, 1.82) is 0 Å². The minimum absolute atomic E-state index is 0.0416. The zero-order valence-corrected chi connectivity index (χ0v) is 19.4. The highest BCUT2D eigenvalue weighted by Crippen LogP contribution is 2.24. The molecule has 0 bridgehead atoms. The maximum atomic E-state index is 14.6. The number of allylic oxidation sites excluding steroid dienone is 2. The molecule has 4 rings (SSSR count). The lowest BCUT2D eigenvalue weighted by atomic mass is 10.0. The molecule has 1 aliphatic rings. The average molecular weight is 483 g/mol. The first kappa shape index (κ1) is 25.0. The third-order valence-corrected chi connectivity index (χ3v) is 6.03. The van der Waals surface area contributed by atoms with Crippen molar-refractivity contribution < 1.29 is 27.0 Å². The molecule has 1 saturated heterocycles. The van der Waals surface area contributed by atoms with Crippen LogP contribution in [0.4, 0.5) is 17.6 Å². The van der Waals surface area contributed by atoms with Crippen LogP contribution >= 0.6 is 0 Å². The number of hydrogen-bond acceptors (Lipinski definition) is 2. The zero-order valence-electron chi connectivity index (χ0n) is 19.4. The number of hydrogen-bond donors (Lipinski definition) is 0. The van der Waals surface area contributed by atoms with Crippen molar-refractivity contribution in [2.75, 3.05) is 13.2 Å². The standard InChI is InChI=1S/C29H26F4O2/c1-2-3-4-5-21-17-34-27(35-18-21)13-9-20-7-11-22(25(30)15-20)10-6-19-8-12-24-23(14-19)16-26(31)29(33)28(24)32/h2-3,7-8,11-12,14-16,21,27H,4-5,9,13,17-18H2,1H3/b3-2+. The van der Waals surface area contributed by atoms with Crippen LogP contribution in [-0.2, 0) is 15.9 Å². The van der Waals surface area contributed by atoms with Crippen LogP contribution in [0.2, 0.25) is 0 Å². The van der Waals surface area contributed by atoms with Crippen LogP contribution < -0.4 is 0 Å². The van der Waals surface area contributed by atoms with Gasteiger partial charge in [-0.15, -0.1) is 0 Å². The quantitative estimate of drug-likeness (QED) is 0.162. The van der Waals surface area contributed by atoms with Crippen LogP contribution in [-0.4, -0.2) is 19.5 Å². The number of aryl methyl sites for hydroxylation is 1. The molecular weight excluding hydrogens is 456 g/mol. The largest absolute Gasteiger partial charge is 0.352 e. The summed E-state index contributed by atoms with van der Waals surface area (Å²) in [6.07, 6.45) is 7.20. The lowest BCUT2D eigenvalue weighted by Crippen LogP contribution is -2.32. The van der Waals surface area contributed by atoms with E-state index in [0.29, 0.717) is 37.5 Å². The van der Waals surface area contributed by atoms with E-state index in [4.69, 9.17) is 9.47 Å². The van der Waals surface area contributed by atoms with Crippen LogP contribution in [0.25, 0.3) is 10.8 Å². The average Bonchev–Trinajstić information content (AvgIpc) is 2.86. The maximum absolute atomic E-state index is 14.6. The van der Waals surface area contributed by atoms with Crippen molar-refractivity contribution in [3.63, 3.8) is 0 Å². The van der Waals surface area contributed by atoms with Crippen molar-refractivity contribution in [1.82, 2.24) is 0 Å². The van der Waals surface area contributed by atoms with Gasteiger partial charge in [-0.2, -0.15) is 0 Å². The lowest BCUT2D eigenvalue weighted by Gasteiger charge is -2.29. The molecule has 6 heteroatoms. The Morgan fingerprint density at radius 1 is 0.886 bits per heavy atom. The Morgan fingerprint density at radius 2 is 1.69 bits per heavy atom. The van der Waals surface area contributed by atoms with Crippen LogP contribution in [0.3, 0.4) is 0 Å². The predicted octanol–water partition coefficient (Wildman–Crippen LogP) is 7.07. The number of rotatable bonds is 6. The van der Waals surface area contributed by atoms with Gasteiger partial charge < -0.3 is 9.47 Å². The molecule has 0 amide bonds. The molecule has 0 unspecified atom stereocenters. The molecule has 3 aromatic carbocycles. The Morgan fingerprint density at radius 3 is 2.43 bits per heavy atom. The van der Waals surface area contributed by atoms with E-state index in [1.165, 1.54) is 24.3 Å². The molecule has 2 nitrogen and oxygen atoms in total. The Kier molecular flexibility index (Phi) is 8.22. The summed E-state index contributed by atoms with van der Waals surface area (Å²) in [4.78, 5) is 0.